The van der Waals surface area contributed by atoms with E-state index >= 15 is 0 Å². The SMILES string of the molecule is Cc1ccc(C)c(Nc2cncc(C(=O)N(C)CCc3ccncc3)c2)c1. The number of benzene rings is 1. The van der Waals surface area contributed by atoms with Gasteiger partial charge in [-0.2, -0.15) is 0 Å². The molecule has 0 radical (unpaired) electrons. The topological polar surface area (TPSA) is 58.1 Å². The highest BCUT2D eigenvalue weighted by molar-refractivity contribution is 5.94. The van der Waals surface area contributed by atoms with Gasteiger partial charge in [0.25, 0.3) is 5.91 Å². The summed E-state index contributed by atoms with van der Waals surface area (Å²) >= 11 is 0. The molecular formula is C22H24N4O. The molecule has 2 aromatic heterocycles. The predicted octanol–water partition coefficient (Wildman–Crippen LogP) is 4.15. The van der Waals surface area contributed by atoms with Gasteiger partial charge in [0.2, 0.25) is 0 Å². The second kappa shape index (κ2) is 8.45. The molecule has 138 valence electrons. The van der Waals surface area contributed by atoms with Crippen molar-refractivity contribution in [3.63, 3.8) is 0 Å². The van der Waals surface area contributed by atoms with Crippen LogP contribution in [0.5, 0.6) is 0 Å². The molecule has 0 aliphatic carbocycles. The average molecular weight is 360 g/mol. The summed E-state index contributed by atoms with van der Waals surface area (Å²) in [7, 11) is 1.81. The van der Waals surface area contributed by atoms with E-state index in [0.717, 1.165) is 28.9 Å². The molecule has 5 heteroatoms. The van der Waals surface area contributed by atoms with E-state index in [1.165, 1.54) is 5.56 Å². The van der Waals surface area contributed by atoms with Crippen molar-refractivity contribution in [1.29, 1.82) is 0 Å². The number of aromatic nitrogens is 2. The van der Waals surface area contributed by atoms with Crippen molar-refractivity contribution in [2.24, 2.45) is 0 Å². The van der Waals surface area contributed by atoms with Crippen molar-refractivity contribution in [2.45, 2.75) is 20.3 Å². The van der Waals surface area contributed by atoms with Crippen LogP contribution < -0.4 is 5.32 Å². The minimum atomic E-state index is -0.0406. The molecule has 0 aliphatic rings. The van der Waals surface area contributed by atoms with Crippen molar-refractivity contribution in [1.82, 2.24) is 14.9 Å². The zero-order valence-electron chi connectivity index (χ0n) is 15.9. The van der Waals surface area contributed by atoms with E-state index in [1.54, 1.807) is 29.7 Å². The van der Waals surface area contributed by atoms with E-state index in [0.29, 0.717) is 12.1 Å². The zero-order valence-corrected chi connectivity index (χ0v) is 15.9. The fourth-order valence-corrected chi connectivity index (χ4v) is 2.82. The fraction of sp³-hybridized carbons (Fsp3) is 0.227. The molecule has 3 rings (SSSR count). The smallest absolute Gasteiger partial charge is 0.255 e. The normalized spacial score (nSPS) is 10.5. The lowest BCUT2D eigenvalue weighted by Gasteiger charge is -2.18. The van der Waals surface area contributed by atoms with E-state index in [2.05, 4.69) is 47.3 Å². The Bertz CT molecular complexity index is 925. The number of anilines is 2. The van der Waals surface area contributed by atoms with Crippen LogP contribution in [0.2, 0.25) is 0 Å². The third-order valence-corrected chi connectivity index (χ3v) is 4.49. The Balaban J connectivity index is 1.68. The van der Waals surface area contributed by atoms with Crippen LogP contribution in [0.25, 0.3) is 0 Å². The lowest BCUT2D eigenvalue weighted by Crippen LogP contribution is -2.29. The molecule has 0 bridgehead atoms. The van der Waals surface area contributed by atoms with Gasteiger partial charge >= 0.3 is 0 Å². The summed E-state index contributed by atoms with van der Waals surface area (Å²) in [5.41, 5.74) is 5.88. The number of pyridine rings is 2. The Morgan fingerprint density at radius 3 is 2.59 bits per heavy atom. The molecule has 0 saturated heterocycles. The van der Waals surface area contributed by atoms with E-state index in [4.69, 9.17) is 0 Å². The summed E-state index contributed by atoms with van der Waals surface area (Å²) in [6.07, 6.45) is 7.67. The van der Waals surface area contributed by atoms with Gasteiger partial charge in [0.05, 0.1) is 17.4 Å². The Morgan fingerprint density at radius 2 is 1.81 bits per heavy atom. The number of amides is 1. The molecule has 1 aromatic carbocycles. The Hall–Kier alpha value is -3.21. The first-order chi connectivity index (χ1) is 13.0. The number of nitrogens with one attached hydrogen (secondary N) is 1. The molecular weight excluding hydrogens is 336 g/mol. The van der Waals surface area contributed by atoms with E-state index in [1.807, 2.05) is 25.2 Å². The first-order valence-corrected chi connectivity index (χ1v) is 8.96. The second-order valence-corrected chi connectivity index (χ2v) is 6.74. The molecule has 2 heterocycles. The van der Waals surface area contributed by atoms with Gasteiger partial charge in [-0.25, -0.2) is 0 Å². The summed E-state index contributed by atoms with van der Waals surface area (Å²) in [6, 6.07) is 12.0. The molecule has 0 atom stereocenters. The number of likely N-dealkylation sites (N-methyl/N-ethyl adjacent to an activating group) is 1. The average Bonchev–Trinajstić information content (AvgIpc) is 2.69. The van der Waals surface area contributed by atoms with Gasteiger partial charge in [-0.3, -0.25) is 14.8 Å². The molecule has 0 saturated carbocycles. The number of carbonyl (C=O) groups is 1. The molecule has 0 spiro atoms. The minimum absolute atomic E-state index is 0.0406. The standard InChI is InChI=1S/C22H24N4O/c1-16-4-5-17(2)21(12-16)25-20-13-19(14-24-15-20)22(27)26(3)11-8-18-6-9-23-10-7-18/h4-7,9-10,12-15,25H,8,11H2,1-3H3. The third kappa shape index (κ3) is 4.91. The molecule has 0 unspecified atom stereocenters. The van der Waals surface area contributed by atoms with Crippen LogP contribution in [0.1, 0.15) is 27.0 Å². The van der Waals surface area contributed by atoms with Gasteiger partial charge in [0.1, 0.15) is 0 Å². The second-order valence-electron chi connectivity index (χ2n) is 6.74. The summed E-state index contributed by atoms with van der Waals surface area (Å²) in [4.78, 5) is 22.7. The number of carbonyl (C=O) groups excluding carboxylic acids is 1. The number of hydrogen-bond acceptors (Lipinski definition) is 4. The highest BCUT2D eigenvalue weighted by Gasteiger charge is 2.13. The van der Waals surface area contributed by atoms with Gasteiger partial charge in [0.15, 0.2) is 0 Å². The van der Waals surface area contributed by atoms with Crippen LogP contribution in [0.4, 0.5) is 11.4 Å². The first-order valence-electron chi connectivity index (χ1n) is 8.96. The van der Waals surface area contributed by atoms with E-state index in [-0.39, 0.29) is 5.91 Å². The number of nitrogens with zero attached hydrogens (tertiary/aromatic N) is 3. The maximum atomic E-state index is 12.7. The maximum absolute atomic E-state index is 12.7. The molecule has 27 heavy (non-hydrogen) atoms. The molecule has 1 amide bonds. The van der Waals surface area contributed by atoms with Crippen LogP contribution in [-0.2, 0) is 6.42 Å². The quantitative estimate of drug-likeness (QED) is 0.717. The largest absolute Gasteiger partial charge is 0.354 e. The van der Waals surface area contributed by atoms with Crippen LogP contribution >= 0.6 is 0 Å². The Labute approximate surface area is 160 Å². The maximum Gasteiger partial charge on any atom is 0.255 e. The van der Waals surface area contributed by atoms with Crippen LogP contribution in [0, 0.1) is 13.8 Å². The van der Waals surface area contributed by atoms with E-state index in [9.17, 15) is 4.79 Å². The van der Waals surface area contributed by atoms with Crippen molar-refractivity contribution >= 4 is 17.3 Å². The van der Waals surface area contributed by atoms with Crippen molar-refractivity contribution in [3.05, 3.63) is 83.4 Å². The Kier molecular flexibility index (Phi) is 5.81. The summed E-state index contributed by atoms with van der Waals surface area (Å²) < 4.78 is 0. The van der Waals surface area contributed by atoms with E-state index < -0.39 is 0 Å². The minimum Gasteiger partial charge on any atom is -0.354 e. The summed E-state index contributed by atoms with van der Waals surface area (Å²) in [5.74, 6) is -0.0406. The fourth-order valence-electron chi connectivity index (χ4n) is 2.82. The van der Waals surface area contributed by atoms with Gasteiger partial charge in [-0.05, 0) is 61.2 Å². The lowest BCUT2D eigenvalue weighted by molar-refractivity contribution is 0.0796. The third-order valence-electron chi connectivity index (χ3n) is 4.49. The van der Waals surface area contributed by atoms with Gasteiger partial charge in [-0.1, -0.05) is 12.1 Å². The summed E-state index contributed by atoms with van der Waals surface area (Å²) in [5, 5.41) is 3.36. The Morgan fingerprint density at radius 1 is 1.04 bits per heavy atom. The first kappa shape index (κ1) is 18.6. The van der Waals surface area contributed by atoms with Crippen LogP contribution in [0.3, 0.4) is 0 Å². The van der Waals surface area contributed by atoms with Crippen molar-refractivity contribution in [2.75, 3.05) is 18.9 Å². The number of hydrogen-bond donors (Lipinski definition) is 1. The molecule has 0 fully saturated rings. The zero-order chi connectivity index (χ0) is 19.2. The van der Waals surface area contributed by atoms with Crippen LogP contribution in [0.15, 0.2) is 61.2 Å². The molecule has 5 nitrogen and oxygen atoms in total. The molecule has 3 aromatic rings. The van der Waals surface area contributed by atoms with Crippen molar-refractivity contribution in [3.8, 4) is 0 Å². The highest BCUT2D eigenvalue weighted by atomic mass is 16.2. The predicted molar refractivity (Wildman–Crippen MR) is 108 cm³/mol. The molecule has 1 N–H and O–H groups in total. The molecule has 0 aliphatic heterocycles. The lowest BCUT2D eigenvalue weighted by atomic mass is 10.1. The van der Waals surface area contributed by atoms with Crippen molar-refractivity contribution < 1.29 is 4.79 Å². The number of rotatable bonds is 6. The number of aryl methyl sites for hydroxylation is 2. The van der Waals surface area contributed by atoms with Gasteiger partial charge in [0, 0.05) is 37.9 Å². The van der Waals surface area contributed by atoms with Gasteiger partial charge < -0.3 is 10.2 Å². The monoisotopic (exact) mass is 360 g/mol. The van der Waals surface area contributed by atoms with Gasteiger partial charge in [-0.15, -0.1) is 0 Å². The summed E-state index contributed by atoms with van der Waals surface area (Å²) in [6.45, 7) is 4.75. The highest BCUT2D eigenvalue weighted by Crippen LogP contribution is 2.22. The van der Waals surface area contributed by atoms with Crippen LogP contribution in [-0.4, -0.2) is 34.4 Å².